The first kappa shape index (κ1) is 21.2. The molecule has 3 rings (SSSR count). The molecule has 0 aromatic heterocycles. The van der Waals surface area contributed by atoms with Crippen LogP contribution < -0.4 is 4.74 Å². The number of benzene rings is 2. The van der Waals surface area contributed by atoms with Gasteiger partial charge in [0.15, 0.2) is 0 Å². The van der Waals surface area contributed by atoms with E-state index in [1.54, 1.807) is 18.1 Å². The average Bonchev–Trinajstić information content (AvgIpc) is 2.92. The number of hydrogen-bond donors (Lipinski definition) is 0. The van der Waals surface area contributed by atoms with Gasteiger partial charge in [0.1, 0.15) is 22.5 Å². The molecule has 1 fully saturated rings. The lowest BCUT2D eigenvalue weighted by Gasteiger charge is -2.16. The number of thiocarbonyl (C=S) groups is 1. The molecule has 8 heteroatoms. The molecule has 1 aliphatic rings. The van der Waals surface area contributed by atoms with Gasteiger partial charge in [0.05, 0.1) is 18.4 Å². The minimum Gasteiger partial charge on any atom is -0.489 e. The first-order chi connectivity index (χ1) is 13.5. The Labute approximate surface area is 181 Å². The summed E-state index contributed by atoms with van der Waals surface area (Å²) in [6.07, 6.45) is 0.491. The lowest BCUT2D eigenvalue weighted by atomic mass is 10.1. The summed E-state index contributed by atoms with van der Waals surface area (Å²) in [5, 5.41) is -0.296. The van der Waals surface area contributed by atoms with Gasteiger partial charge in [-0.2, -0.15) is 0 Å². The second-order valence-corrected chi connectivity index (χ2v) is 8.98. The number of amides is 1. The molecule has 1 heterocycles. The van der Waals surface area contributed by atoms with Gasteiger partial charge in [-0.1, -0.05) is 52.0 Å². The zero-order valence-corrected chi connectivity index (χ0v) is 18.4. The van der Waals surface area contributed by atoms with Crippen LogP contribution in [0.1, 0.15) is 11.1 Å². The number of halogens is 2. The van der Waals surface area contributed by atoms with Crippen molar-refractivity contribution in [3.63, 3.8) is 0 Å². The lowest BCUT2D eigenvalue weighted by molar-refractivity contribution is -0.126. The minimum absolute atomic E-state index is 0.0110. The van der Waals surface area contributed by atoms with Gasteiger partial charge in [-0.15, -0.1) is 0 Å². The number of methoxy groups -OCH3 is 1. The van der Waals surface area contributed by atoms with Gasteiger partial charge in [-0.3, -0.25) is 9.69 Å². The molecule has 1 amide bonds. The number of thioether (sulfide) groups is 1. The Hall–Kier alpha value is -1.48. The standard InChI is InChI=1S/C20H19BrFNO3S2/c1-25-8-7-23-19(24)18(28-20(23)27)11-14-10-15(21)5-6-17(14)26-12-13-3-2-4-16(22)9-13/h2-6,9-10,18H,7-8,11-12H2,1H3/t18-/m1/s1. The van der Waals surface area contributed by atoms with Gasteiger partial charge in [0.2, 0.25) is 5.91 Å². The van der Waals surface area contributed by atoms with Crippen molar-refractivity contribution in [3.8, 4) is 5.75 Å². The summed E-state index contributed by atoms with van der Waals surface area (Å²) < 4.78 is 25.8. The molecule has 0 saturated carbocycles. The topological polar surface area (TPSA) is 38.8 Å². The SMILES string of the molecule is COCCN1C(=O)[C@@H](Cc2cc(Br)ccc2OCc2cccc(F)c2)SC1=S. The summed E-state index contributed by atoms with van der Waals surface area (Å²) in [4.78, 5) is 14.3. The summed E-state index contributed by atoms with van der Waals surface area (Å²) in [7, 11) is 1.60. The Bertz CT molecular complexity index is 880. The van der Waals surface area contributed by atoms with Crippen molar-refractivity contribution in [1.82, 2.24) is 4.90 Å². The molecule has 0 N–H and O–H groups in total. The van der Waals surface area contributed by atoms with Gasteiger partial charge >= 0.3 is 0 Å². The zero-order valence-electron chi connectivity index (χ0n) is 15.2. The van der Waals surface area contributed by atoms with Crippen LogP contribution in [0.15, 0.2) is 46.9 Å². The van der Waals surface area contributed by atoms with E-state index in [4.69, 9.17) is 21.7 Å². The highest BCUT2D eigenvalue weighted by Gasteiger charge is 2.37. The predicted octanol–water partition coefficient (Wildman–Crippen LogP) is 4.59. The fraction of sp³-hybridized carbons (Fsp3) is 0.300. The van der Waals surface area contributed by atoms with Crippen molar-refractivity contribution in [1.29, 1.82) is 0 Å². The number of nitrogens with zero attached hydrogens (tertiary/aromatic N) is 1. The molecule has 4 nitrogen and oxygen atoms in total. The van der Waals surface area contributed by atoms with Crippen LogP contribution in [0.2, 0.25) is 0 Å². The molecule has 1 saturated heterocycles. The Balaban J connectivity index is 1.72. The van der Waals surface area contributed by atoms with E-state index in [1.807, 2.05) is 24.3 Å². The average molecular weight is 484 g/mol. The van der Waals surface area contributed by atoms with Crippen LogP contribution in [-0.4, -0.2) is 40.6 Å². The van der Waals surface area contributed by atoms with Crippen LogP contribution in [0.5, 0.6) is 5.75 Å². The number of ether oxygens (including phenoxy) is 2. The van der Waals surface area contributed by atoms with Crippen molar-refractivity contribution in [2.75, 3.05) is 20.3 Å². The molecule has 0 aliphatic carbocycles. The number of rotatable bonds is 8. The Kier molecular flexibility index (Phi) is 7.45. The van der Waals surface area contributed by atoms with Crippen molar-refractivity contribution in [2.45, 2.75) is 18.3 Å². The van der Waals surface area contributed by atoms with Crippen LogP contribution in [0.4, 0.5) is 4.39 Å². The number of carbonyl (C=O) groups is 1. The van der Waals surface area contributed by atoms with Crippen molar-refractivity contribution in [2.24, 2.45) is 0 Å². The van der Waals surface area contributed by atoms with E-state index < -0.39 is 0 Å². The van der Waals surface area contributed by atoms with Gasteiger partial charge in [0.25, 0.3) is 0 Å². The molecule has 1 atom stereocenters. The van der Waals surface area contributed by atoms with E-state index in [9.17, 15) is 9.18 Å². The van der Waals surface area contributed by atoms with Crippen LogP contribution in [0.3, 0.4) is 0 Å². The third kappa shape index (κ3) is 5.31. The molecule has 2 aromatic rings. The molecule has 2 aromatic carbocycles. The summed E-state index contributed by atoms with van der Waals surface area (Å²) in [5.41, 5.74) is 1.64. The molecule has 0 bridgehead atoms. The van der Waals surface area contributed by atoms with Gasteiger partial charge in [0, 0.05) is 11.6 Å². The first-order valence-electron chi connectivity index (χ1n) is 8.64. The van der Waals surface area contributed by atoms with Crippen molar-refractivity contribution >= 4 is 50.1 Å². The molecular weight excluding hydrogens is 465 g/mol. The Morgan fingerprint density at radius 3 is 2.86 bits per heavy atom. The minimum atomic E-state index is -0.297. The van der Waals surface area contributed by atoms with E-state index in [1.165, 1.54) is 23.9 Å². The highest BCUT2D eigenvalue weighted by Crippen LogP contribution is 2.33. The summed E-state index contributed by atoms with van der Waals surface area (Å²) in [6, 6.07) is 12.0. The van der Waals surface area contributed by atoms with Crippen LogP contribution in [0, 0.1) is 5.82 Å². The first-order valence-corrected chi connectivity index (χ1v) is 10.7. The maximum absolute atomic E-state index is 13.4. The monoisotopic (exact) mass is 483 g/mol. The normalized spacial score (nSPS) is 16.7. The van der Waals surface area contributed by atoms with Crippen LogP contribution in [-0.2, 0) is 22.6 Å². The third-order valence-corrected chi connectivity index (χ3v) is 6.31. The van der Waals surface area contributed by atoms with Crippen LogP contribution in [0.25, 0.3) is 0 Å². The molecule has 28 heavy (non-hydrogen) atoms. The van der Waals surface area contributed by atoms with E-state index >= 15 is 0 Å². The molecule has 1 aliphatic heterocycles. The van der Waals surface area contributed by atoms with Gasteiger partial charge in [-0.05, 0) is 47.9 Å². The summed E-state index contributed by atoms with van der Waals surface area (Å²) >= 11 is 10.2. The maximum atomic E-state index is 13.4. The van der Waals surface area contributed by atoms with Crippen molar-refractivity contribution < 1.29 is 18.7 Å². The highest BCUT2D eigenvalue weighted by atomic mass is 79.9. The van der Waals surface area contributed by atoms with E-state index in [2.05, 4.69) is 15.9 Å². The second kappa shape index (κ2) is 9.82. The summed E-state index contributed by atoms with van der Waals surface area (Å²) in [6.45, 7) is 1.15. The highest BCUT2D eigenvalue weighted by molar-refractivity contribution is 9.10. The number of carbonyl (C=O) groups excluding carboxylic acids is 1. The molecule has 148 valence electrons. The Morgan fingerprint density at radius 2 is 2.11 bits per heavy atom. The second-order valence-electron chi connectivity index (χ2n) is 6.23. The van der Waals surface area contributed by atoms with E-state index in [0.717, 1.165) is 15.6 Å². The fourth-order valence-corrected chi connectivity index (χ4v) is 4.83. The van der Waals surface area contributed by atoms with E-state index in [-0.39, 0.29) is 23.6 Å². The predicted molar refractivity (Wildman–Crippen MR) is 116 cm³/mol. The maximum Gasteiger partial charge on any atom is 0.242 e. The van der Waals surface area contributed by atoms with Gasteiger partial charge in [-0.25, -0.2) is 4.39 Å². The Morgan fingerprint density at radius 1 is 1.29 bits per heavy atom. The van der Waals surface area contributed by atoms with E-state index in [0.29, 0.717) is 29.6 Å². The summed E-state index contributed by atoms with van der Waals surface area (Å²) in [5.74, 6) is 0.361. The quantitative estimate of drug-likeness (QED) is 0.513. The largest absolute Gasteiger partial charge is 0.489 e. The molecule has 0 spiro atoms. The van der Waals surface area contributed by atoms with Crippen LogP contribution >= 0.6 is 39.9 Å². The van der Waals surface area contributed by atoms with Gasteiger partial charge < -0.3 is 9.47 Å². The van der Waals surface area contributed by atoms with Crippen molar-refractivity contribution in [3.05, 3.63) is 63.9 Å². The third-order valence-electron chi connectivity index (χ3n) is 4.24. The fourth-order valence-electron chi connectivity index (χ4n) is 2.85. The molecular formula is C20H19BrFNO3S2. The smallest absolute Gasteiger partial charge is 0.242 e. The number of hydrogen-bond acceptors (Lipinski definition) is 5. The zero-order chi connectivity index (χ0) is 20.1. The molecule has 0 radical (unpaired) electrons. The molecule has 0 unspecified atom stereocenters. The lowest BCUT2D eigenvalue weighted by Crippen LogP contribution is -2.34.